The van der Waals surface area contributed by atoms with Gasteiger partial charge in [0.25, 0.3) is 0 Å². The lowest BCUT2D eigenvalue weighted by molar-refractivity contribution is 0.260. The molecule has 1 aliphatic carbocycles. The van der Waals surface area contributed by atoms with Gasteiger partial charge < -0.3 is 16.1 Å². The number of pyridine rings is 1. The molecule has 0 bridgehead atoms. The molecule has 0 radical (unpaired) electrons. The Kier molecular flexibility index (Phi) is 7.49. The second-order valence-corrected chi connectivity index (χ2v) is 10.7. The Balaban J connectivity index is 1.43. The van der Waals surface area contributed by atoms with Gasteiger partial charge in [-0.05, 0) is 48.2 Å². The van der Waals surface area contributed by atoms with E-state index in [0.717, 1.165) is 29.7 Å². The second kappa shape index (κ2) is 11.7. The van der Waals surface area contributed by atoms with Crippen LogP contribution in [-0.4, -0.2) is 16.0 Å². The number of anilines is 2. The van der Waals surface area contributed by atoms with Gasteiger partial charge in [-0.1, -0.05) is 54.1 Å². The normalized spacial score (nSPS) is 15.5. The highest BCUT2D eigenvalue weighted by molar-refractivity contribution is 6.35. The van der Waals surface area contributed by atoms with Crippen LogP contribution in [0.25, 0.3) is 10.9 Å². The average molecular weight is 572 g/mol. The molecule has 1 aliphatic heterocycles. The van der Waals surface area contributed by atoms with Crippen molar-refractivity contribution in [3.8, 4) is 18.2 Å². The molecule has 1 aromatic heterocycles. The van der Waals surface area contributed by atoms with E-state index in [9.17, 15) is 15.8 Å². The highest BCUT2D eigenvalue weighted by atomic mass is 35.5. The smallest absolute Gasteiger partial charge is 0.103 e. The minimum absolute atomic E-state index is 0.200. The maximum Gasteiger partial charge on any atom is 0.103 e. The fourth-order valence-electron chi connectivity index (χ4n) is 5.12. The third-order valence-electron chi connectivity index (χ3n) is 7.38. The van der Waals surface area contributed by atoms with Crippen LogP contribution < -0.4 is 21.6 Å². The molecule has 1 unspecified atom stereocenters. The average Bonchev–Trinajstić information content (AvgIpc) is 3.76. The predicted molar refractivity (Wildman–Crippen MR) is 161 cm³/mol. The summed E-state index contributed by atoms with van der Waals surface area (Å²) in [6.45, 7) is 0. The number of nitrogens with one attached hydrogen (secondary N) is 4. The van der Waals surface area contributed by atoms with Crippen molar-refractivity contribution < 1.29 is 0 Å². The van der Waals surface area contributed by atoms with Crippen molar-refractivity contribution in [2.24, 2.45) is 0 Å². The molecule has 3 aromatic carbocycles. The number of aromatic nitrogens is 1. The van der Waals surface area contributed by atoms with Crippen molar-refractivity contribution in [2.45, 2.75) is 37.4 Å². The lowest BCUT2D eigenvalue weighted by Gasteiger charge is -2.23. The van der Waals surface area contributed by atoms with E-state index in [4.69, 9.17) is 11.6 Å². The first-order valence-corrected chi connectivity index (χ1v) is 13.9. The highest BCUT2D eigenvalue weighted by Gasteiger charge is 2.32. The number of benzene rings is 3. The molecule has 2 heterocycles. The van der Waals surface area contributed by atoms with Crippen LogP contribution in [0.15, 0.2) is 84.8 Å². The van der Waals surface area contributed by atoms with E-state index < -0.39 is 0 Å². The molecule has 206 valence electrons. The van der Waals surface area contributed by atoms with Gasteiger partial charge in [-0.15, -0.1) is 5.53 Å². The lowest BCUT2D eigenvalue weighted by atomic mass is 10.0. The Morgan fingerprint density at radius 2 is 1.79 bits per heavy atom. The van der Waals surface area contributed by atoms with E-state index in [1.807, 2.05) is 60.8 Å². The zero-order chi connectivity index (χ0) is 29.1. The van der Waals surface area contributed by atoms with Crippen LogP contribution in [-0.2, 0) is 0 Å². The Morgan fingerprint density at radius 1 is 0.976 bits per heavy atom. The number of nitriles is 3. The maximum atomic E-state index is 9.99. The van der Waals surface area contributed by atoms with E-state index in [-0.39, 0.29) is 18.5 Å². The Bertz CT molecular complexity index is 1800. The zero-order valence-corrected chi connectivity index (χ0v) is 23.2. The van der Waals surface area contributed by atoms with Crippen LogP contribution in [0.5, 0.6) is 0 Å². The van der Waals surface area contributed by atoms with Crippen molar-refractivity contribution in [3.05, 3.63) is 112 Å². The summed E-state index contributed by atoms with van der Waals surface area (Å²) in [5, 5.41) is 39.3. The molecule has 1 saturated carbocycles. The van der Waals surface area contributed by atoms with Crippen LogP contribution in [0.1, 0.15) is 53.6 Å². The van der Waals surface area contributed by atoms with E-state index in [2.05, 4.69) is 49.8 Å². The topological polar surface area (TPSA) is 136 Å². The number of hydrazine groups is 2. The molecule has 2 atom stereocenters. The molecule has 9 nitrogen and oxygen atoms in total. The van der Waals surface area contributed by atoms with Gasteiger partial charge in [0.2, 0.25) is 0 Å². The van der Waals surface area contributed by atoms with Crippen molar-refractivity contribution in [2.75, 3.05) is 10.6 Å². The van der Waals surface area contributed by atoms with Crippen molar-refractivity contribution >= 4 is 33.9 Å². The Labute approximate surface area is 248 Å². The lowest BCUT2D eigenvalue weighted by Crippen LogP contribution is -2.38. The molecule has 0 spiro atoms. The molecule has 0 amide bonds. The highest BCUT2D eigenvalue weighted by Crippen LogP contribution is 2.38. The van der Waals surface area contributed by atoms with Crippen molar-refractivity contribution in [3.63, 3.8) is 0 Å². The van der Waals surface area contributed by atoms with Gasteiger partial charge in [-0.25, -0.2) is 0 Å². The fourth-order valence-corrected chi connectivity index (χ4v) is 5.39. The van der Waals surface area contributed by atoms with Gasteiger partial charge in [0, 0.05) is 29.5 Å². The fraction of sp³-hybridized carbons (Fsp3) is 0.188. The first kappa shape index (κ1) is 26.9. The SMILES string of the molecule is N#CC[C@@H](Nc1c(C#N)cnc2c(Cl)cc(NC(C3=CN(C4CC4)NN3)c3cccc(C#N)c3)cc12)c1ccccc1. The first-order chi connectivity index (χ1) is 20.6. The largest absolute Gasteiger partial charge is 0.376 e. The van der Waals surface area contributed by atoms with Crippen LogP contribution >= 0.6 is 11.6 Å². The molecule has 4 N–H and O–H groups in total. The van der Waals surface area contributed by atoms with Crippen molar-refractivity contribution in [1.82, 2.24) is 21.0 Å². The monoisotopic (exact) mass is 571 g/mol. The minimum Gasteiger partial charge on any atom is -0.376 e. The van der Waals surface area contributed by atoms with Crippen LogP contribution in [0.2, 0.25) is 5.02 Å². The minimum atomic E-state index is -0.349. The quantitative estimate of drug-likeness (QED) is 0.186. The predicted octanol–water partition coefficient (Wildman–Crippen LogP) is 6.18. The first-order valence-electron chi connectivity index (χ1n) is 13.6. The molecule has 1 fully saturated rings. The van der Waals surface area contributed by atoms with E-state index >= 15 is 0 Å². The molecule has 2 aliphatic rings. The standard InChI is InChI=1S/C32H26ClN9/c33-27-15-24(38-31(22-8-4-5-20(13-22)16-35)29-19-42(41-40-29)25-9-10-25)14-26-30(23(17-36)18-37-32(26)27)39-28(11-12-34)21-6-2-1-3-7-21/h1-8,13-15,18-19,25,28,31,38,40-41H,9-11H2,(H,37,39)/t28-,31?/m1/s1. The molecule has 42 heavy (non-hydrogen) atoms. The van der Waals surface area contributed by atoms with Crippen LogP contribution in [0, 0.1) is 34.0 Å². The number of halogens is 1. The third-order valence-corrected chi connectivity index (χ3v) is 7.67. The van der Waals surface area contributed by atoms with Crippen LogP contribution in [0.3, 0.4) is 0 Å². The Hall–Kier alpha value is -5.27. The summed E-state index contributed by atoms with van der Waals surface area (Å²) in [6.07, 6.45) is 6.00. The summed E-state index contributed by atoms with van der Waals surface area (Å²) >= 11 is 6.79. The van der Waals surface area contributed by atoms with Gasteiger partial charge in [0.15, 0.2) is 0 Å². The molecule has 10 heteroatoms. The maximum absolute atomic E-state index is 9.99. The number of rotatable bonds is 9. The summed E-state index contributed by atoms with van der Waals surface area (Å²) in [6, 6.07) is 27.3. The number of hydrogen-bond acceptors (Lipinski definition) is 9. The molecular weight excluding hydrogens is 546 g/mol. The van der Waals surface area contributed by atoms with Crippen LogP contribution in [0.4, 0.5) is 11.4 Å². The zero-order valence-electron chi connectivity index (χ0n) is 22.5. The summed E-state index contributed by atoms with van der Waals surface area (Å²) in [5.74, 6) is 0. The Morgan fingerprint density at radius 3 is 2.52 bits per heavy atom. The van der Waals surface area contributed by atoms with Gasteiger partial charge in [-0.3, -0.25) is 9.99 Å². The number of fused-ring (bicyclic) bond motifs is 1. The summed E-state index contributed by atoms with van der Waals surface area (Å²) in [7, 11) is 0. The van der Waals surface area contributed by atoms with Crippen molar-refractivity contribution in [1.29, 1.82) is 15.8 Å². The summed E-state index contributed by atoms with van der Waals surface area (Å²) in [4.78, 5) is 4.49. The molecule has 4 aromatic rings. The van der Waals surface area contributed by atoms with E-state index in [1.54, 1.807) is 12.1 Å². The van der Waals surface area contributed by atoms with Gasteiger partial charge >= 0.3 is 0 Å². The van der Waals surface area contributed by atoms with Gasteiger partial charge in [0.1, 0.15) is 6.07 Å². The molecule has 0 saturated heterocycles. The summed E-state index contributed by atoms with van der Waals surface area (Å²) in [5.41, 5.74) is 11.9. The van der Waals surface area contributed by atoms with E-state index in [1.165, 1.54) is 6.20 Å². The molecular formula is C32H26ClN9. The number of nitrogens with zero attached hydrogens (tertiary/aromatic N) is 5. The summed E-state index contributed by atoms with van der Waals surface area (Å²) < 4.78 is 0. The second-order valence-electron chi connectivity index (χ2n) is 10.3. The third kappa shape index (κ3) is 5.50. The van der Waals surface area contributed by atoms with Gasteiger partial charge in [0.05, 0.1) is 63.7 Å². The molecule has 6 rings (SSSR count). The number of hydrogen-bond donors (Lipinski definition) is 4. The van der Waals surface area contributed by atoms with Gasteiger partial charge in [-0.2, -0.15) is 15.8 Å². The van der Waals surface area contributed by atoms with E-state index in [0.29, 0.717) is 44.5 Å².